The van der Waals surface area contributed by atoms with Crippen LogP contribution in [-0.2, 0) is 43.9 Å². The van der Waals surface area contributed by atoms with Gasteiger partial charge in [-0.2, -0.15) is 0 Å². The molecule has 180 valence electrons. The standard InChI is InChI=1S/C12H19NO16S2.3Na/c14-3-1-4(10(17)18)28-12(7(3)15)29-9-5(2-26-31(23,24)25)27-11(19)6(8(9)16)13-30(20,21)22;;;/h1,3,5-9,11-16,19H,2H2,(H,17,18)(H,20,21,22)(H,23,24,25);;;/q;3*+1/p-3/t3-,5-,6-,7+,8-,9-,11?,12+;;;/m1.../s1. The Morgan fingerprint density at radius 3 is 2.09 bits per heavy atom. The van der Waals surface area contributed by atoms with Gasteiger partial charge in [-0.1, -0.05) is 0 Å². The number of carbonyl (C=O) groups excluding carboxylic acids is 1. The number of aliphatic hydroxyl groups is 4. The van der Waals surface area contributed by atoms with Crippen LogP contribution in [0.15, 0.2) is 11.8 Å². The Bertz CT molecular complexity index is 914. The summed E-state index contributed by atoms with van der Waals surface area (Å²) in [7, 11) is -10.6. The SMILES string of the molecule is O=C([O-])C1=C[C@@H](O)[C@H](O)[C@H](O[C@H]2[C@H](O)[C@@H](NS(=O)(=O)[O-])C(O)O[C@@H]2COS(=O)(=O)[O-])O1.[Na+].[Na+].[Na+]. The van der Waals surface area contributed by atoms with E-state index in [1.807, 2.05) is 0 Å². The second-order valence-corrected chi connectivity index (χ2v) is 8.43. The zero-order valence-electron chi connectivity index (χ0n) is 17.9. The number of carbonyl (C=O) groups is 1. The van der Waals surface area contributed by atoms with E-state index in [1.165, 1.54) is 4.72 Å². The molecule has 8 atom stereocenters. The van der Waals surface area contributed by atoms with Gasteiger partial charge in [0.05, 0.1) is 6.61 Å². The molecule has 0 bridgehead atoms. The van der Waals surface area contributed by atoms with Gasteiger partial charge in [-0.3, -0.25) is 4.18 Å². The monoisotopic (exact) mass is 563 g/mol. The van der Waals surface area contributed by atoms with Crippen molar-refractivity contribution >= 4 is 26.7 Å². The maximum atomic E-state index is 10.9. The van der Waals surface area contributed by atoms with E-state index in [2.05, 4.69) is 4.18 Å². The minimum absolute atomic E-state index is 0. The Morgan fingerprint density at radius 2 is 1.62 bits per heavy atom. The minimum atomic E-state index is -5.32. The Morgan fingerprint density at radius 1 is 1.06 bits per heavy atom. The quantitative estimate of drug-likeness (QED) is 0.104. The molecule has 5 N–H and O–H groups in total. The van der Waals surface area contributed by atoms with Gasteiger partial charge in [0, 0.05) is 0 Å². The van der Waals surface area contributed by atoms with Crippen molar-refractivity contribution in [3.63, 3.8) is 0 Å². The van der Waals surface area contributed by atoms with E-state index in [-0.39, 0.29) is 88.7 Å². The molecule has 0 amide bonds. The van der Waals surface area contributed by atoms with Crippen LogP contribution >= 0.6 is 0 Å². The van der Waals surface area contributed by atoms with Crippen LogP contribution in [-0.4, -0.2) is 108 Å². The van der Waals surface area contributed by atoms with Gasteiger partial charge in [-0.15, -0.1) is 0 Å². The van der Waals surface area contributed by atoms with Gasteiger partial charge >= 0.3 is 88.7 Å². The number of aliphatic carboxylic acids is 1. The van der Waals surface area contributed by atoms with Gasteiger partial charge in [0.2, 0.25) is 16.7 Å². The number of aliphatic hydroxyl groups excluding tert-OH is 4. The number of carboxylic acids is 1. The fourth-order valence-electron chi connectivity index (χ4n) is 2.71. The molecule has 0 radical (unpaired) electrons. The van der Waals surface area contributed by atoms with Crippen LogP contribution in [0.4, 0.5) is 0 Å². The van der Waals surface area contributed by atoms with Gasteiger partial charge < -0.3 is 53.6 Å². The van der Waals surface area contributed by atoms with E-state index in [1.54, 1.807) is 0 Å². The first-order valence-corrected chi connectivity index (χ1v) is 10.8. The first kappa shape index (κ1) is 37.7. The van der Waals surface area contributed by atoms with Gasteiger partial charge in [-0.05, 0) is 6.08 Å². The van der Waals surface area contributed by atoms with E-state index in [0.29, 0.717) is 6.08 Å². The second-order valence-electron chi connectivity index (χ2n) is 6.23. The van der Waals surface area contributed by atoms with Gasteiger partial charge in [0.1, 0.15) is 48.3 Å². The second kappa shape index (κ2) is 15.2. The maximum absolute atomic E-state index is 10.9. The van der Waals surface area contributed by atoms with Crippen molar-refractivity contribution in [2.24, 2.45) is 0 Å². The summed E-state index contributed by atoms with van der Waals surface area (Å²) in [6.45, 7) is -1.21. The van der Waals surface area contributed by atoms with Crippen LogP contribution in [0.3, 0.4) is 0 Å². The van der Waals surface area contributed by atoms with Crippen LogP contribution in [0.2, 0.25) is 0 Å². The van der Waals surface area contributed by atoms with Gasteiger partial charge in [0.15, 0.2) is 16.6 Å². The topological polar surface area (TPSA) is 284 Å². The predicted molar refractivity (Wildman–Crippen MR) is 84.0 cm³/mol. The van der Waals surface area contributed by atoms with Crippen LogP contribution in [0.5, 0.6) is 0 Å². The molecule has 1 unspecified atom stereocenters. The molecule has 1 fully saturated rings. The van der Waals surface area contributed by atoms with Crippen molar-refractivity contribution in [3.05, 3.63) is 11.8 Å². The predicted octanol–water partition coefficient (Wildman–Crippen LogP) is -15.9. The smallest absolute Gasteiger partial charge is 0.735 e. The summed E-state index contributed by atoms with van der Waals surface area (Å²) >= 11 is 0. The van der Waals surface area contributed by atoms with Crippen molar-refractivity contribution in [1.82, 2.24) is 4.72 Å². The van der Waals surface area contributed by atoms with Crippen molar-refractivity contribution in [1.29, 1.82) is 0 Å². The molecule has 17 nitrogen and oxygen atoms in total. The molecular weight excluding hydrogens is 547 g/mol. The summed E-state index contributed by atoms with van der Waals surface area (Å²) < 4.78 is 84.8. The molecule has 2 rings (SSSR count). The van der Waals surface area contributed by atoms with Gasteiger partial charge in [-0.25, -0.2) is 21.6 Å². The Hall–Kier alpha value is 1.51. The zero-order valence-corrected chi connectivity index (χ0v) is 25.5. The van der Waals surface area contributed by atoms with E-state index >= 15 is 0 Å². The largest absolute Gasteiger partial charge is 1.00 e. The Kier molecular flexibility index (Phi) is 16.8. The fourth-order valence-corrected chi connectivity index (χ4v) is 3.60. The number of hydrogen-bond acceptors (Lipinski definition) is 16. The average Bonchev–Trinajstić information content (AvgIpc) is 2.61. The molecule has 2 aliphatic heterocycles. The van der Waals surface area contributed by atoms with Crippen LogP contribution in [0.1, 0.15) is 0 Å². The van der Waals surface area contributed by atoms with E-state index in [0.717, 1.165) is 0 Å². The third-order valence-electron chi connectivity index (χ3n) is 4.04. The molecule has 0 aliphatic carbocycles. The Labute approximate surface area is 259 Å². The van der Waals surface area contributed by atoms with Gasteiger partial charge in [0.25, 0.3) is 0 Å². The van der Waals surface area contributed by atoms with E-state index in [9.17, 15) is 56.3 Å². The molecule has 0 aromatic rings. The third kappa shape index (κ3) is 11.1. The normalized spacial score (nSPS) is 33.8. The van der Waals surface area contributed by atoms with Crippen molar-refractivity contribution in [2.45, 2.75) is 49.1 Å². The number of ether oxygens (including phenoxy) is 3. The van der Waals surface area contributed by atoms with E-state index in [4.69, 9.17) is 14.2 Å². The summed E-state index contributed by atoms with van der Waals surface area (Å²) in [5, 5.41) is 50.8. The number of nitrogens with one attached hydrogen (secondary N) is 1. The minimum Gasteiger partial charge on any atom is -0.735 e. The molecular formula is C12H16NNa3O16S2. The van der Waals surface area contributed by atoms with Crippen LogP contribution in [0, 0.1) is 0 Å². The molecule has 0 aromatic carbocycles. The summed E-state index contributed by atoms with van der Waals surface area (Å²) in [5.74, 6) is -2.94. The number of carboxylic acid groups (broad SMARTS) is 1. The van der Waals surface area contributed by atoms with Crippen molar-refractivity contribution in [2.75, 3.05) is 6.61 Å². The summed E-state index contributed by atoms with van der Waals surface area (Å²) in [4.78, 5) is 10.9. The summed E-state index contributed by atoms with van der Waals surface area (Å²) in [6, 6.07) is -2.10. The first-order valence-electron chi connectivity index (χ1n) is 8.05. The molecule has 22 heteroatoms. The molecule has 1 saturated heterocycles. The molecule has 34 heavy (non-hydrogen) atoms. The molecule has 0 saturated carbocycles. The molecule has 2 aliphatic rings. The average molecular weight is 563 g/mol. The zero-order chi connectivity index (χ0) is 23.7. The number of rotatable bonds is 8. The van der Waals surface area contributed by atoms with Crippen molar-refractivity contribution < 1.29 is 163 Å². The fraction of sp³-hybridized carbons (Fsp3) is 0.750. The van der Waals surface area contributed by atoms with E-state index < -0.39 is 88.2 Å². The molecule has 2 heterocycles. The summed E-state index contributed by atoms with van der Waals surface area (Å²) in [5.41, 5.74) is 0. The molecule has 0 spiro atoms. The molecule has 0 aromatic heterocycles. The third-order valence-corrected chi connectivity index (χ3v) is 5.02. The van der Waals surface area contributed by atoms with Crippen LogP contribution in [0.25, 0.3) is 0 Å². The summed E-state index contributed by atoms with van der Waals surface area (Å²) in [6.07, 6.45) is -13.8. The first-order chi connectivity index (χ1) is 14.1. The van der Waals surface area contributed by atoms with Crippen molar-refractivity contribution in [3.8, 4) is 0 Å². The maximum Gasteiger partial charge on any atom is 1.00 e. The van der Waals surface area contributed by atoms with Crippen LogP contribution < -0.4 is 98.5 Å². The number of hydrogen-bond donors (Lipinski definition) is 5. The Balaban J connectivity index is 0.